The number of hydrazone groups is 2. The fourth-order valence-electron chi connectivity index (χ4n) is 4.64. The molecule has 3 heterocycles. The molecule has 3 aliphatic heterocycles. The van der Waals surface area contributed by atoms with Crippen LogP contribution in [0.3, 0.4) is 0 Å². The standard InChI is InChI=1S/C28H36N8O2/c1-21-15-23(3)35(31-19-33-11-7-5-8-12-33)28(38)26(18-30)22(2)16-24(4)36(27(37)25(21)17-29)32-20-34-13-9-6-10-14-34/h15-16,19-20H,5-14H2,1-4H3/b23-15-,24-16+,25-21+,26-22-,31-19+,32-20+. The van der Waals surface area contributed by atoms with Crippen molar-refractivity contribution < 1.29 is 9.59 Å². The second kappa shape index (κ2) is 13.4. The third-order valence-electron chi connectivity index (χ3n) is 6.79. The van der Waals surface area contributed by atoms with Gasteiger partial charge in [-0.2, -0.15) is 30.7 Å². The first kappa shape index (κ1) is 28.4. The topological polar surface area (TPSA) is 119 Å². The molecule has 0 bridgehead atoms. The molecule has 0 aromatic rings. The molecule has 0 aromatic heterocycles. The van der Waals surface area contributed by atoms with Crippen molar-refractivity contribution in [1.82, 2.24) is 19.8 Å². The molecule has 10 nitrogen and oxygen atoms in total. The van der Waals surface area contributed by atoms with Crippen molar-refractivity contribution in [2.24, 2.45) is 10.2 Å². The van der Waals surface area contributed by atoms with Crippen molar-refractivity contribution in [3.8, 4) is 12.1 Å². The number of piperidine rings is 2. The Morgan fingerprint density at radius 1 is 0.658 bits per heavy atom. The second-order valence-corrected chi connectivity index (χ2v) is 9.80. The molecule has 200 valence electrons. The van der Waals surface area contributed by atoms with Crippen LogP contribution in [0.25, 0.3) is 0 Å². The number of carbonyl (C=O) groups is 2. The SMILES string of the molecule is C/C1=C/C(C)=C(\C#N)C(=O)N(/N=C/N2CCCCC2)/C(C)=C/C(C)=C(/C#N)C(=O)N1/N=C/N1CCCCC1. The first-order valence-corrected chi connectivity index (χ1v) is 13.1. The summed E-state index contributed by atoms with van der Waals surface area (Å²) in [6.45, 7) is 9.98. The minimum absolute atomic E-state index is 0.0944. The molecular formula is C28H36N8O2. The third-order valence-corrected chi connectivity index (χ3v) is 6.79. The van der Waals surface area contributed by atoms with E-state index in [4.69, 9.17) is 0 Å². The fourth-order valence-corrected chi connectivity index (χ4v) is 4.64. The lowest BCUT2D eigenvalue weighted by molar-refractivity contribution is -0.125. The lowest BCUT2D eigenvalue weighted by Gasteiger charge is -2.26. The second-order valence-electron chi connectivity index (χ2n) is 9.80. The highest BCUT2D eigenvalue weighted by Crippen LogP contribution is 2.22. The van der Waals surface area contributed by atoms with E-state index >= 15 is 0 Å². The number of amides is 2. The van der Waals surface area contributed by atoms with Crippen molar-refractivity contribution in [3.63, 3.8) is 0 Å². The first-order valence-electron chi connectivity index (χ1n) is 13.1. The van der Waals surface area contributed by atoms with E-state index in [1.807, 2.05) is 21.9 Å². The number of nitriles is 2. The van der Waals surface area contributed by atoms with Gasteiger partial charge in [-0.15, -0.1) is 0 Å². The molecule has 2 saturated heterocycles. The summed E-state index contributed by atoms with van der Waals surface area (Å²) < 4.78 is 0. The van der Waals surface area contributed by atoms with Crippen molar-refractivity contribution in [1.29, 1.82) is 10.5 Å². The van der Waals surface area contributed by atoms with Gasteiger partial charge < -0.3 is 9.80 Å². The summed E-state index contributed by atoms with van der Waals surface area (Å²) in [6.07, 6.45) is 12.9. The van der Waals surface area contributed by atoms with Gasteiger partial charge in [-0.1, -0.05) is 0 Å². The van der Waals surface area contributed by atoms with E-state index in [1.54, 1.807) is 52.5 Å². The number of hydrogen-bond donors (Lipinski definition) is 0. The van der Waals surface area contributed by atoms with Crippen LogP contribution in [0.4, 0.5) is 0 Å². The molecule has 0 saturated carbocycles. The highest BCUT2D eigenvalue weighted by Gasteiger charge is 2.26. The molecule has 0 aromatic carbocycles. The quantitative estimate of drug-likeness (QED) is 0.411. The van der Waals surface area contributed by atoms with Crippen LogP contribution in [0, 0.1) is 22.7 Å². The van der Waals surface area contributed by atoms with Gasteiger partial charge in [-0.25, -0.2) is 0 Å². The van der Waals surface area contributed by atoms with E-state index in [9.17, 15) is 20.1 Å². The van der Waals surface area contributed by atoms with Gasteiger partial charge >= 0.3 is 0 Å². The Balaban J connectivity index is 2.11. The summed E-state index contributed by atoms with van der Waals surface area (Å²) in [5.74, 6) is -1.17. The Kier molecular flexibility index (Phi) is 10.0. The van der Waals surface area contributed by atoms with Crippen LogP contribution >= 0.6 is 0 Å². The van der Waals surface area contributed by atoms with Crippen LogP contribution in [0.15, 0.2) is 56.0 Å². The van der Waals surface area contributed by atoms with Crippen molar-refractivity contribution in [2.75, 3.05) is 26.2 Å². The van der Waals surface area contributed by atoms with Gasteiger partial charge in [0.2, 0.25) is 0 Å². The molecule has 0 aliphatic carbocycles. The predicted molar refractivity (Wildman–Crippen MR) is 146 cm³/mol. The third kappa shape index (κ3) is 6.98. The minimum atomic E-state index is -0.586. The first-order chi connectivity index (χ1) is 18.3. The number of nitrogens with zero attached hydrogens (tertiary/aromatic N) is 8. The van der Waals surface area contributed by atoms with Crippen molar-refractivity contribution in [2.45, 2.75) is 66.2 Å². The van der Waals surface area contributed by atoms with E-state index in [1.165, 1.54) is 0 Å². The molecule has 0 unspecified atom stereocenters. The summed E-state index contributed by atoms with van der Waals surface area (Å²) in [4.78, 5) is 31.2. The maximum atomic E-state index is 13.6. The average Bonchev–Trinajstić information content (AvgIpc) is 2.90. The number of allylic oxidation sites excluding steroid dienone is 6. The van der Waals surface area contributed by atoms with Crippen molar-refractivity contribution in [3.05, 3.63) is 45.8 Å². The van der Waals surface area contributed by atoms with Crippen LogP contribution in [-0.4, -0.2) is 70.5 Å². The predicted octanol–water partition coefficient (Wildman–Crippen LogP) is 4.00. The summed E-state index contributed by atoms with van der Waals surface area (Å²) >= 11 is 0. The van der Waals surface area contributed by atoms with E-state index in [0.717, 1.165) is 74.7 Å². The molecule has 38 heavy (non-hydrogen) atoms. The largest absolute Gasteiger partial charge is 0.361 e. The Morgan fingerprint density at radius 3 is 1.32 bits per heavy atom. The zero-order valence-corrected chi connectivity index (χ0v) is 22.8. The monoisotopic (exact) mass is 516 g/mol. The average molecular weight is 517 g/mol. The zero-order valence-electron chi connectivity index (χ0n) is 22.8. The van der Waals surface area contributed by atoms with E-state index in [2.05, 4.69) is 10.2 Å². The molecule has 0 radical (unpaired) electrons. The van der Waals surface area contributed by atoms with E-state index < -0.39 is 11.8 Å². The van der Waals surface area contributed by atoms with E-state index in [-0.39, 0.29) is 11.1 Å². The van der Waals surface area contributed by atoms with E-state index in [0.29, 0.717) is 22.5 Å². The van der Waals surface area contributed by atoms with Crippen LogP contribution in [0.2, 0.25) is 0 Å². The Morgan fingerprint density at radius 2 is 1.00 bits per heavy atom. The van der Waals surface area contributed by atoms with Crippen molar-refractivity contribution >= 4 is 24.5 Å². The normalized spacial score (nSPS) is 27.4. The van der Waals surface area contributed by atoms with Gasteiger partial charge in [0.25, 0.3) is 11.8 Å². The number of likely N-dealkylation sites (tertiary alicyclic amines) is 2. The van der Waals surface area contributed by atoms with Crippen LogP contribution in [0.5, 0.6) is 0 Å². The Labute approximate surface area is 225 Å². The summed E-state index contributed by atoms with van der Waals surface area (Å²) in [5.41, 5.74) is 1.31. The highest BCUT2D eigenvalue weighted by atomic mass is 16.2. The maximum Gasteiger partial charge on any atom is 0.289 e. The summed E-state index contributed by atoms with van der Waals surface area (Å²) in [7, 11) is 0. The number of hydrogen-bond acceptors (Lipinski definition) is 6. The Hall–Kier alpha value is -4.18. The smallest absolute Gasteiger partial charge is 0.289 e. The van der Waals surface area contributed by atoms with Gasteiger partial charge in [0.15, 0.2) is 0 Å². The fraction of sp³-hybridized carbons (Fsp3) is 0.500. The van der Waals surface area contributed by atoms with Gasteiger partial charge in [-0.3, -0.25) is 9.59 Å². The minimum Gasteiger partial charge on any atom is -0.361 e. The van der Waals surface area contributed by atoms with Gasteiger partial charge in [-0.05, 0) is 89.5 Å². The molecular weight excluding hydrogens is 480 g/mol. The van der Waals surface area contributed by atoms with Gasteiger partial charge in [0.1, 0.15) is 36.0 Å². The zero-order chi connectivity index (χ0) is 27.7. The molecule has 3 rings (SSSR count). The highest BCUT2D eigenvalue weighted by molar-refractivity contribution is 6.01. The molecule has 2 fully saturated rings. The molecule has 0 atom stereocenters. The maximum absolute atomic E-state index is 13.6. The van der Waals surface area contributed by atoms with Crippen LogP contribution < -0.4 is 0 Å². The lowest BCUT2D eigenvalue weighted by atomic mass is 10.1. The summed E-state index contributed by atoms with van der Waals surface area (Å²) in [6, 6.07) is 4.04. The van der Waals surface area contributed by atoms with Gasteiger partial charge in [0, 0.05) is 37.6 Å². The van der Waals surface area contributed by atoms with Gasteiger partial charge in [0.05, 0.1) is 0 Å². The number of rotatable bonds is 4. The van der Waals surface area contributed by atoms with Crippen LogP contribution in [0.1, 0.15) is 66.2 Å². The van der Waals surface area contributed by atoms with Crippen LogP contribution in [-0.2, 0) is 9.59 Å². The molecule has 0 spiro atoms. The Bertz CT molecular complexity index is 1100. The summed E-state index contributed by atoms with van der Waals surface area (Å²) in [5, 5.41) is 31.0. The molecule has 10 heteroatoms. The molecule has 2 amide bonds. The number of carbonyl (C=O) groups excluding carboxylic acids is 2. The molecule has 0 N–H and O–H groups in total. The molecule has 3 aliphatic rings. The lowest BCUT2D eigenvalue weighted by Crippen LogP contribution is -2.33.